The largest absolute Gasteiger partial charge is 1.00 e. The molecule has 6 unspecified atom stereocenters. The SMILES string of the molecule is C1=CC2CCC3CCC[N-]C3=C2[N-]C1.C1C[N-]C2C(C1)CCC1CCC[N-]C12.O.O.O=C(O)C1=CCN(O)CC1.O=C(O)C1CCN(O)CC1.[Cu+].[Cu+]. The van der Waals surface area contributed by atoms with Gasteiger partial charge in [0.2, 0.25) is 0 Å². The van der Waals surface area contributed by atoms with Gasteiger partial charge in [0.15, 0.2) is 0 Å². The van der Waals surface area contributed by atoms with Gasteiger partial charge < -0.3 is 52.8 Å². The molecule has 6 heterocycles. The van der Waals surface area contributed by atoms with E-state index >= 15 is 0 Å². The van der Waals surface area contributed by atoms with Crippen molar-refractivity contribution in [3.05, 3.63) is 56.5 Å². The number of carboxylic acids is 2. The van der Waals surface area contributed by atoms with Crippen LogP contribution in [-0.4, -0.2) is 118 Å². The number of hydroxylamine groups is 4. The molecule has 0 spiro atoms. The van der Waals surface area contributed by atoms with Gasteiger partial charge in [0.05, 0.1) is 5.92 Å². The quantitative estimate of drug-likeness (QED) is 0.217. The summed E-state index contributed by atoms with van der Waals surface area (Å²) in [6, 6.07) is 1.26. The third-order valence-corrected chi connectivity index (χ3v) is 11.2. The summed E-state index contributed by atoms with van der Waals surface area (Å²) in [5.74, 6) is 1.25. The van der Waals surface area contributed by atoms with Crippen LogP contribution in [0.2, 0.25) is 0 Å². The fourth-order valence-corrected chi connectivity index (χ4v) is 8.47. The van der Waals surface area contributed by atoms with Gasteiger partial charge in [-0.1, -0.05) is 68.9 Å². The maximum Gasteiger partial charge on any atom is 1.00 e. The number of aliphatic carboxylic acids is 2. The Balaban J connectivity index is 0.000000343. The summed E-state index contributed by atoms with van der Waals surface area (Å²) in [5.41, 5.74) is 3.07. The third-order valence-electron chi connectivity index (χ3n) is 11.2. The van der Waals surface area contributed by atoms with Gasteiger partial charge in [-0.15, -0.1) is 44.3 Å². The molecule has 6 atom stereocenters. The normalized spacial score (nSPS) is 30.8. The molecule has 0 aromatic carbocycles. The maximum absolute atomic E-state index is 10.4. The Morgan fingerprint density at radius 1 is 0.692 bits per heavy atom. The van der Waals surface area contributed by atoms with Gasteiger partial charge in [-0.25, -0.2) is 4.79 Å². The molecular weight excluding hydrogens is 772 g/mol. The predicted octanol–water partition coefficient (Wildman–Crippen LogP) is 5.03. The first-order chi connectivity index (χ1) is 23.3. The zero-order valence-electron chi connectivity index (χ0n) is 30.0. The van der Waals surface area contributed by atoms with Gasteiger partial charge in [-0.2, -0.15) is 21.5 Å². The van der Waals surface area contributed by atoms with Crippen LogP contribution in [0.3, 0.4) is 0 Å². The Morgan fingerprint density at radius 2 is 1.31 bits per heavy atom. The van der Waals surface area contributed by atoms with Crippen LogP contribution in [0.25, 0.3) is 21.3 Å². The Kier molecular flexibility index (Phi) is 23.1. The minimum atomic E-state index is -0.881. The Labute approximate surface area is 330 Å². The molecule has 0 amide bonds. The fourth-order valence-electron chi connectivity index (χ4n) is 8.47. The summed E-state index contributed by atoms with van der Waals surface area (Å²) in [5, 5.41) is 55.9. The molecule has 306 valence electrons. The molecule has 52 heavy (non-hydrogen) atoms. The molecule has 8 N–H and O–H groups in total. The van der Waals surface area contributed by atoms with Gasteiger partial charge in [0, 0.05) is 31.8 Å². The van der Waals surface area contributed by atoms with Gasteiger partial charge in [0.25, 0.3) is 0 Å². The predicted molar refractivity (Wildman–Crippen MR) is 191 cm³/mol. The van der Waals surface area contributed by atoms with Crippen molar-refractivity contribution in [1.29, 1.82) is 0 Å². The molecule has 0 bridgehead atoms. The molecule has 4 saturated heterocycles. The minimum Gasteiger partial charge on any atom is -0.689 e. The van der Waals surface area contributed by atoms with Crippen LogP contribution in [0.4, 0.5) is 0 Å². The summed E-state index contributed by atoms with van der Waals surface area (Å²) in [4.78, 5) is 20.7. The summed E-state index contributed by atoms with van der Waals surface area (Å²) in [6.45, 7) is 5.83. The molecule has 14 nitrogen and oxygen atoms in total. The van der Waals surface area contributed by atoms with E-state index < -0.39 is 11.9 Å². The molecule has 8 rings (SSSR count). The van der Waals surface area contributed by atoms with E-state index in [2.05, 4.69) is 22.8 Å². The van der Waals surface area contributed by atoms with Crippen LogP contribution in [-0.2, 0) is 43.7 Å². The van der Waals surface area contributed by atoms with Crippen molar-refractivity contribution in [3.63, 3.8) is 0 Å². The van der Waals surface area contributed by atoms with E-state index in [1.165, 1.54) is 86.7 Å². The zero-order valence-corrected chi connectivity index (χ0v) is 31.9. The van der Waals surface area contributed by atoms with E-state index in [1.54, 1.807) is 0 Å². The van der Waals surface area contributed by atoms with Crippen molar-refractivity contribution in [2.24, 2.45) is 29.6 Å². The van der Waals surface area contributed by atoms with Crippen LogP contribution >= 0.6 is 0 Å². The Morgan fingerprint density at radius 3 is 1.87 bits per heavy atom. The second kappa shape index (κ2) is 24.8. The monoisotopic (exact) mass is 830 g/mol. The number of nitrogens with zero attached hydrogens (tertiary/aromatic N) is 6. The van der Waals surface area contributed by atoms with Gasteiger partial charge >= 0.3 is 46.1 Å². The number of rotatable bonds is 2. The van der Waals surface area contributed by atoms with E-state index in [1.807, 2.05) is 0 Å². The number of hydrogen-bond donors (Lipinski definition) is 4. The van der Waals surface area contributed by atoms with Crippen LogP contribution in [0.1, 0.15) is 83.5 Å². The zero-order chi connectivity index (χ0) is 33.9. The molecule has 6 aliphatic heterocycles. The summed E-state index contributed by atoms with van der Waals surface area (Å²) in [6.07, 6.45) is 21.2. The standard InChI is InChI=1S/C12H20N2.C12H16N2.C6H11NO3.C6H9NO3.2Cu.2H2O/c2*1-3-9-5-6-10-4-2-8-14-12(10)11(9)13-7-1;2*8-6(9)5-1-3-7(10)4-2-5;;;;/h9-12H,1-8H2;1,3,9-10H,2,4-8H2;5,10H,1-4H2,(H,8,9);1,10H,2-4H2,(H,8,9);;;2*1H2/q2*-2;;;2*+1;;. The molecule has 16 heteroatoms. The average Bonchev–Trinajstić information content (AvgIpc) is 3.13. The number of carboxylic acid groups (broad SMARTS) is 2. The summed E-state index contributed by atoms with van der Waals surface area (Å²) in [7, 11) is 0. The van der Waals surface area contributed by atoms with E-state index in [0.29, 0.717) is 69.0 Å². The van der Waals surface area contributed by atoms with Crippen LogP contribution in [0, 0.1) is 29.6 Å². The van der Waals surface area contributed by atoms with Crippen LogP contribution < -0.4 is 0 Å². The van der Waals surface area contributed by atoms with Gasteiger partial charge in [-0.3, -0.25) is 4.79 Å². The summed E-state index contributed by atoms with van der Waals surface area (Å²) >= 11 is 0. The molecule has 0 radical (unpaired) electrons. The fraction of sp³-hybridized carbons (Fsp3) is 0.778. The van der Waals surface area contributed by atoms with E-state index in [9.17, 15) is 9.59 Å². The number of carbonyl (C=O) groups is 2. The van der Waals surface area contributed by atoms with E-state index in [0.717, 1.165) is 49.0 Å². The molecule has 5 fully saturated rings. The summed E-state index contributed by atoms with van der Waals surface area (Å²) < 4.78 is 0. The van der Waals surface area contributed by atoms with Crippen molar-refractivity contribution >= 4 is 11.9 Å². The number of allylic oxidation sites excluding steroid dienone is 2. The number of piperidine rings is 4. The molecule has 0 aromatic heterocycles. The Hall–Kier alpha value is -1.52. The average molecular weight is 832 g/mol. The molecule has 1 saturated carbocycles. The van der Waals surface area contributed by atoms with Crippen molar-refractivity contribution in [3.8, 4) is 0 Å². The van der Waals surface area contributed by atoms with Gasteiger partial charge in [0.1, 0.15) is 0 Å². The number of fused-ring (bicyclic) bond motifs is 5. The number of hydrogen-bond acceptors (Lipinski definition) is 6. The molecule has 2 aliphatic carbocycles. The van der Waals surface area contributed by atoms with E-state index in [-0.39, 0.29) is 51.0 Å². The smallest absolute Gasteiger partial charge is 0.689 e. The second-order valence-corrected chi connectivity index (χ2v) is 14.4. The second-order valence-electron chi connectivity index (χ2n) is 14.4. The maximum atomic E-state index is 10.4. The topological polar surface area (TPSA) is 241 Å². The van der Waals surface area contributed by atoms with Crippen LogP contribution in [0.15, 0.2) is 35.2 Å². The van der Waals surface area contributed by atoms with E-state index in [4.69, 9.17) is 31.3 Å². The van der Waals surface area contributed by atoms with Crippen molar-refractivity contribution < 1.29 is 75.3 Å². The first kappa shape index (κ1) is 48.5. The molecule has 0 aromatic rings. The Bertz CT molecular complexity index is 1150. The van der Waals surface area contributed by atoms with Crippen molar-refractivity contribution in [2.45, 2.75) is 95.6 Å². The van der Waals surface area contributed by atoms with Crippen molar-refractivity contribution in [1.82, 2.24) is 10.1 Å². The molecule has 8 aliphatic rings. The first-order valence-electron chi connectivity index (χ1n) is 18.4. The van der Waals surface area contributed by atoms with Gasteiger partial charge in [-0.05, 0) is 50.4 Å². The van der Waals surface area contributed by atoms with Crippen molar-refractivity contribution in [2.75, 3.05) is 52.4 Å². The molecular formula is C36H60Cu2N6O8-2. The minimum absolute atomic E-state index is 0. The first-order valence-corrected chi connectivity index (χ1v) is 18.4. The van der Waals surface area contributed by atoms with Crippen LogP contribution in [0.5, 0.6) is 0 Å². The third kappa shape index (κ3) is 14.0.